The second-order valence-corrected chi connectivity index (χ2v) is 9.01. The molecule has 168 valence electrons. The maximum Gasteiger partial charge on any atom is 0.261 e. The van der Waals surface area contributed by atoms with Gasteiger partial charge in [-0.15, -0.1) is 0 Å². The van der Waals surface area contributed by atoms with Crippen molar-refractivity contribution in [3.63, 3.8) is 0 Å². The molecule has 0 aliphatic rings. The summed E-state index contributed by atoms with van der Waals surface area (Å²) in [5.41, 5.74) is 1.61. The normalized spacial score (nSPS) is 11.9. The Kier molecular flexibility index (Phi) is 9.48. The van der Waals surface area contributed by atoms with Crippen molar-refractivity contribution >= 4 is 46.6 Å². The lowest BCUT2D eigenvalue weighted by Crippen LogP contribution is -2.49. The fourth-order valence-electron chi connectivity index (χ4n) is 2.80. The molecule has 2 rings (SSSR count). The molecule has 2 amide bonds. The van der Waals surface area contributed by atoms with Crippen molar-refractivity contribution in [2.75, 3.05) is 13.2 Å². The summed E-state index contributed by atoms with van der Waals surface area (Å²) < 4.78 is 5.66. The molecule has 2 aromatic rings. The molecule has 0 saturated heterocycles. The van der Waals surface area contributed by atoms with Gasteiger partial charge in [-0.25, -0.2) is 0 Å². The van der Waals surface area contributed by atoms with Crippen LogP contribution in [0.4, 0.5) is 0 Å². The van der Waals surface area contributed by atoms with Crippen LogP contribution in [-0.4, -0.2) is 35.9 Å². The van der Waals surface area contributed by atoms with Crippen LogP contribution in [-0.2, 0) is 16.1 Å². The number of amides is 2. The summed E-state index contributed by atoms with van der Waals surface area (Å²) in [5, 5.41) is 4.31. The van der Waals surface area contributed by atoms with Crippen LogP contribution < -0.4 is 10.1 Å². The van der Waals surface area contributed by atoms with E-state index in [0.717, 1.165) is 11.1 Å². The van der Waals surface area contributed by atoms with Gasteiger partial charge in [0.15, 0.2) is 6.61 Å². The van der Waals surface area contributed by atoms with Crippen molar-refractivity contribution in [2.45, 2.75) is 40.3 Å². The van der Waals surface area contributed by atoms with E-state index in [0.29, 0.717) is 33.3 Å². The van der Waals surface area contributed by atoms with Crippen molar-refractivity contribution in [3.8, 4) is 5.75 Å². The van der Waals surface area contributed by atoms with E-state index in [1.807, 2.05) is 20.8 Å². The molecule has 0 aliphatic carbocycles. The Morgan fingerprint density at radius 3 is 2.29 bits per heavy atom. The predicted octanol–water partition coefficient (Wildman–Crippen LogP) is 5.52. The van der Waals surface area contributed by atoms with Gasteiger partial charge in [0.05, 0.1) is 10.0 Å². The number of benzene rings is 2. The standard InChI is InChI=1S/C23H27Cl3N2O3/c1-14(2)11-27-23(30)16(4)28(12-17-5-7-20(25)21(26)10-17)22(29)13-31-18-6-8-19(24)15(3)9-18/h5-10,14,16H,11-13H2,1-4H3,(H,27,30). The van der Waals surface area contributed by atoms with Crippen LogP contribution in [0, 0.1) is 12.8 Å². The first-order valence-corrected chi connectivity index (χ1v) is 11.1. The highest BCUT2D eigenvalue weighted by atomic mass is 35.5. The van der Waals surface area contributed by atoms with Gasteiger partial charge in [-0.1, -0.05) is 54.7 Å². The topological polar surface area (TPSA) is 58.6 Å². The molecular formula is C23H27Cl3N2O3. The minimum absolute atomic E-state index is 0.189. The molecule has 0 spiro atoms. The average molecular weight is 486 g/mol. The van der Waals surface area contributed by atoms with Crippen LogP contribution >= 0.6 is 34.8 Å². The lowest BCUT2D eigenvalue weighted by atomic mass is 10.1. The minimum atomic E-state index is -0.698. The van der Waals surface area contributed by atoms with Gasteiger partial charge < -0.3 is 15.0 Å². The zero-order valence-corrected chi connectivity index (χ0v) is 20.3. The summed E-state index contributed by atoms with van der Waals surface area (Å²) >= 11 is 18.2. The number of nitrogens with zero attached hydrogens (tertiary/aromatic N) is 1. The Balaban J connectivity index is 2.17. The van der Waals surface area contributed by atoms with E-state index in [1.54, 1.807) is 43.3 Å². The summed E-state index contributed by atoms with van der Waals surface area (Å²) in [7, 11) is 0. The van der Waals surface area contributed by atoms with Gasteiger partial charge in [-0.05, 0) is 61.2 Å². The maximum absolute atomic E-state index is 13.0. The molecule has 2 aromatic carbocycles. The van der Waals surface area contributed by atoms with E-state index in [2.05, 4.69) is 5.32 Å². The van der Waals surface area contributed by atoms with Gasteiger partial charge in [-0.2, -0.15) is 0 Å². The van der Waals surface area contributed by atoms with Gasteiger partial charge in [0.25, 0.3) is 5.91 Å². The minimum Gasteiger partial charge on any atom is -0.484 e. The van der Waals surface area contributed by atoms with Crippen LogP contribution in [0.5, 0.6) is 5.75 Å². The quantitative estimate of drug-likeness (QED) is 0.508. The van der Waals surface area contributed by atoms with Crippen LogP contribution in [0.2, 0.25) is 15.1 Å². The molecule has 0 heterocycles. The van der Waals surface area contributed by atoms with Gasteiger partial charge in [0.1, 0.15) is 11.8 Å². The van der Waals surface area contributed by atoms with Crippen molar-refractivity contribution in [3.05, 3.63) is 62.6 Å². The molecule has 0 saturated carbocycles. The molecule has 0 radical (unpaired) electrons. The van der Waals surface area contributed by atoms with Crippen molar-refractivity contribution in [1.82, 2.24) is 10.2 Å². The summed E-state index contributed by atoms with van der Waals surface area (Å²) in [6.45, 7) is 8.06. The number of carbonyl (C=O) groups is 2. The first-order valence-electron chi connectivity index (χ1n) is 9.98. The molecular weight excluding hydrogens is 459 g/mol. The number of hydrogen-bond donors (Lipinski definition) is 1. The Morgan fingerprint density at radius 2 is 1.68 bits per heavy atom. The monoisotopic (exact) mass is 484 g/mol. The molecule has 31 heavy (non-hydrogen) atoms. The number of nitrogens with one attached hydrogen (secondary N) is 1. The van der Waals surface area contributed by atoms with Crippen LogP contribution in [0.25, 0.3) is 0 Å². The summed E-state index contributed by atoms with van der Waals surface area (Å²) in [5.74, 6) is 0.267. The Bertz CT molecular complexity index is 934. The summed E-state index contributed by atoms with van der Waals surface area (Å²) in [6, 6.07) is 9.60. The van der Waals surface area contributed by atoms with Gasteiger partial charge in [0.2, 0.25) is 5.91 Å². The Hall–Kier alpha value is -1.95. The lowest BCUT2D eigenvalue weighted by Gasteiger charge is -2.29. The van der Waals surface area contributed by atoms with E-state index < -0.39 is 6.04 Å². The second-order valence-electron chi connectivity index (χ2n) is 7.78. The molecule has 1 unspecified atom stereocenters. The fourth-order valence-corrected chi connectivity index (χ4v) is 3.24. The highest BCUT2D eigenvalue weighted by Crippen LogP contribution is 2.24. The summed E-state index contributed by atoms with van der Waals surface area (Å²) in [6.07, 6.45) is 0. The predicted molar refractivity (Wildman–Crippen MR) is 126 cm³/mol. The second kappa shape index (κ2) is 11.6. The van der Waals surface area contributed by atoms with Gasteiger partial charge >= 0.3 is 0 Å². The Morgan fingerprint density at radius 1 is 1.00 bits per heavy atom. The third-order valence-corrected chi connectivity index (χ3v) is 5.84. The van der Waals surface area contributed by atoms with Crippen molar-refractivity contribution < 1.29 is 14.3 Å². The molecule has 0 bridgehead atoms. The molecule has 0 aromatic heterocycles. The van der Waals surface area contributed by atoms with E-state index in [4.69, 9.17) is 39.5 Å². The fraction of sp³-hybridized carbons (Fsp3) is 0.391. The van der Waals surface area contributed by atoms with E-state index in [-0.39, 0.29) is 25.0 Å². The molecule has 1 N–H and O–H groups in total. The largest absolute Gasteiger partial charge is 0.484 e. The lowest BCUT2D eigenvalue weighted by molar-refractivity contribution is -0.142. The van der Waals surface area contributed by atoms with E-state index in [9.17, 15) is 9.59 Å². The number of ether oxygens (including phenoxy) is 1. The number of rotatable bonds is 9. The Labute approximate surface area is 198 Å². The first-order chi connectivity index (χ1) is 14.6. The van der Waals surface area contributed by atoms with E-state index >= 15 is 0 Å². The maximum atomic E-state index is 13.0. The van der Waals surface area contributed by atoms with Crippen LogP contribution in [0.3, 0.4) is 0 Å². The average Bonchev–Trinajstić information content (AvgIpc) is 2.72. The third-order valence-electron chi connectivity index (χ3n) is 4.68. The SMILES string of the molecule is Cc1cc(OCC(=O)N(Cc2ccc(Cl)c(Cl)c2)C(C)C(=O)NCC(C)C)ccc1Cl. The zero-order chi connectivity index (χ0) is 23.1. The molecule has 0 aliphatic heterocycles. The number of carbonyl (C=O) groups excluding carboxylic acids is 2. The number of hydrogen-bond acceptors (Lipinski definition) is 3. The van der Waals surface area contributed by atoms with E-state index in [1.165, 1.54) is 4.90 Å². The zero-order valence-electron chi connectivity index (χ0n) is 18.0. The molecule has 8 heteroatoms. The number of halogens is 3. The number of aryl methyl sites for hydroxylation is 1. The van der Waals surface area contributed by atoms with Crippen LogP contribution in [0.1, 0.15) is 31.9 Å². The van der Waals surface area contributed by atoms with Crippen molar-refractivity contribution in [1.29, 1.82) is 0 Å². The molecule has 0 fully saturated rings. The van der Waals surface area contributed by atoms with Gasteiger partial charge in [-0.3, -0.25) is 9.59 Å². The molecule has 5 nitrogen and oxygen atoms in total. The highest BCUT2D eigenvalue weighted by molar-refractivity contribution is 6.42. The summed E-state index contributed by atoms with van der Waals surface area (Å²) in [4.78, 5) is 27.2. The smallest absolute Gasteiger partial charge is 0.261 e. The highest BCUT2D eigenvalue weighted by Gasteiger charge is 2.26. The van der Waals surface area contributed by atoms with Crippen molar-refractivity contribution in [2.24, 2.45) is 5.92 Å². The third kappa shape index (κ3) is 7.60. The molecule has 1 atom stereocenters. The first kappa shape index (κ1) is 25.3. The van der Waals surface area contributed by atoms with Gasteiger partial charge in [0, 0.05) is 18.1 Å². The van der Waals surface area contributed by atoms with Crippen LogP contribution in [0.15, 0.2) is 36.4 Å².